The second-order valence-electron chi connectivity index (χ2n) is 9.33. The molecule has 1 aliphatic heterocycles. The number of nitrogens with zero attached hydrogens (tertiary/aromatic N) is 3. The summed E-state index contributed by atoms with van der Waals surface area (Å²) >= 11 is 0. The van der Waals surface area contributed by atoms with Crippen molar-refractivity contribution in [3.63, 3.8) is 0 Å². The molecule has 186 valence electrons. The number of non-ortho nitro benzene ring substituents is 1. The van der Waals surface area contributed by atoms with Gasteiger partial charge < -0.3 is 19.6 Å². The van der Waals surface area contributed by atoms with Crippen molar-refractivity contribution in [2.45, 2.75) is 26.8 Å². The minimum Gasteiger partial charge on any atom is -0.507 e. The number of carbonyl (C=O) groups is 2. The molecule has 2 aromatic carbocycles. The van der Waals surface area contributed by atoms with E-state index >= 15 is 0 Å². The number of nitro groups is 1. The van der Waals surface area contributed by atoms with Gasteiger partial charge in [-0.2, -0.15) is 0 Å². The summed E-state index contributed by atoms with van der Waals surface area (Å²) in [7, 11) is 3.70. The van der Waals surface area contributed by atoms with Crippen LogP contribution in [0.1, 0.15) is 36.6 Å². The molecule has 3 rings (SSSR count). The monoisotopic (exact) mass is 481 g/mol. The van der Waals surface area contributed by atoms with E-state index in [-0.39, 0.29) is 23.6 Å². The highest BCUT2D eigenvalue weighted by molar-refractivity contribution is 6.46. The van der Waals surface area contributed by atoms with Gasteiger partial charge in [0.25, 0.3) is 17.4 Å². The van der Waals surface area contributed by atoms with Gasteiger partial charge in [0.15, 0.2) is 0 Å². The Morgan fingerprint density at radius 1 is 1.17 bits per heavy atom. The number of hydrogen-bond donors (Lipinski definition) is 1. The molecular weight excluding hydrogens is 450 g/mol. The fourth-order valence-electron chi connectivity index (χ4n) is 3.91. The molecule has 9 heteroatoms. The maximum Gasteiger partial charge on any atom is 0.295 e. The number of hydrogen-bond acceptors (Lipinski definition) is 7. The van der Waals surface area contributed by atoms with E-state index < -0.39 is 22.7 Å². The van der Waals surface area contributed by atoms with Gasteiger partial charge in [-0.25, -0.2) is 0 Å². The van der Waals surface area contributed by atoms with Gasteiger partial charge in [0.05, 0.1) is 23.1 Å². The highest BCUT2D eigenvalue weighted by atomic mass is 16.6. The van der Waals surface area contributed by atoms with Crippen LogP contribution in [0.25, 0.3) is 5.76 Å². The summed E-state index contributed by atoms with van der Waals surface area (Å²) in [4.78, 5) is 40.0. The number of carbonyl (C=O) groups excluding carboxylic acids is 2. The van der Waals surface area contributed by atoms with Crippen molar-refractivity contribution in [1.82, 2.24) is 9.80 Å². The van der Waals surface area contributed by atoms with Gasteiger partial charge >= 0.3 is 0 Å². The highest BCUT2D eigenvalue weighted by Crippen LogP contribution is 2.40. The van der Waals surface area contributed by atoms with E-state index in [0.717, 1.165) is 5.56 Å². The minimum absolute atomic E-state index is 0.0437. The Bertz CT molecular complexity index is 1150. The molecule has 1 N–H and O–H groups in total. The first kappa shape index (κ1) is 25.9. The predicted octanol–water partition coefficient (Wildman–Crippen LogP) is 3.92. The van der Waals surface area contributed by atoms with Crippen LogP contribution >= 0.6 is 0 Å². The van der Waals surface area contributed by atoms with Crippen molar-refractivity contribution in [2.24, 2.45) is 5.92 Å². The molecule has 0 bridgehead atoms. The summed E-state index contributed by atoms with van der Waals surface area (Å²) < 4.78 is 5.80. The van der Waals surface area contributed by atoms with Gasteiger partial charge in [-0.15, -0.1) is 0 Å². The fourth-order valence-corrected chi connectivity index (χ4v) is 3.91. The molecule has 0 aromatic heterocycles. The zero-order valence-electron chi connectivity index (χ0n) is 20.6. The zero-order chi connectivity index (χ0) is 25.9. The number of rotatable bonds is 9. The number of nitro benzene ring substituents is 1. The summed E-state index contributed by atoms with van der Waals surface area (Å²) in [6.07, 6.45) is 0. The molecule has 1 heterocycles. The summed E-state index contributed by atoms with van der Waals surface area (Å²) in [5.74, 6) is -0.777. The van der Waals surface area contributed by atoms with Crippen molar-refractivity contribution >= 4 is 23.1 Å². The van der Waals surface area contributed by atoms with Crippen molar-refractivity contribution in [1.29, 1.82) is 0 Å². The highest BCUT2D eigenvalue weighted by Gasteiger charge is 2.46. The molecule has 0 spiro atoms. The average molecular weight is 482 g/mol. The van der Waals surface area contributed by atoms with Gasteiger partial charge in [-0.05, 0) is 68.4 Å². The first-order chi connectivity index (χ1) is 16.5. The summed E-state index contributed by atoms with van der Waals surface area (Å²) in [6.45, 7) is 7.22. The Hall–Kier alpha value is -3.72. The minimum atomic E-state index is -0.868. The van der Waals surface area contributed by atoms with Gasteiger partial charge in [-0.3, -0.25) is 19.7 Å². The van der Waals surface area contributed by atoms with E-state index in [1.54, 1.807) is 18.2 Å². The number of Topliss-reactive ketones (excluding diaryl/α,β-unsaturated/α-hetero) is 1. The molecule has 0 aliphatic carbocycles. The molecular formula is C26H31N3O6. The van der Waals surface area contributed by atoms with Crippen molar-refractivity contribution in [3.05, 3.63) is 74.8 Å². The Morgan fingerprint density at radius 2 is 1.83 bits per heavy atom. The van der Waals surface area contributed by atoms with Crippen LogP contribution in [0.2, 0.25) is 0 Å². The second-order valence-corrected chi connectivity index (χ2v) is 9.33. The van der Waals surface area contributed by atoms with Gasteiger partial charge in [0.2, 0.25) is 0 Å². The third kappa shape index (κ3) is 5.68. The van der Waals surface area contributed by atoms with Crippen LogP contribution in [-0.2, 0) is 9.59 Å². The molecule has 1 aliphatic rings. The lowest BCUT2D eigenvalue weighted by Gasteiger charge is -2.26. The van der Waals surface area contributed by atoms with Crippen LogP contribution in [0.15, 0.2) is 48.0 Å². The number of aryl methyl sites for hydroxylation is 1. The normalized spacial score (nSPS) is 17.5. The summed E-state index contributed by atoms with van der Waals surface area (Å²) in [6, 6.07) is 9.91. The molecule has 1 fully saturated rings. The van der Waals surface area contributed by atoms with Crippen LogP contribution < -0.4 is 4.74 Å². The molecule has 9 nitrogen and oxygen atoms in total. The largest absolute Gasteiger partial charge is 0.507 e. The van der Waals surface area contributed by atoms with Crippen molar-refractivity contribution in [3.8, 4) is 5.75 Å². The standard InChI is InChI=1S/C26H31N3O6/c1-16(2)15-35-21-11-8-19(14-17(21)3)24(30)22-23(18-6-9-20(10-7-18)29(33)34)28(13-12-27(4)5)26(32)25(22)31/h6-11,14,16,23,30H,12-13,15H2,1-5H3. The Morgan fingerprint density at radius 3 is 2.37 bits per heavy atom. The second kappa shape index (κ2) is 10.7. The third-order valence-electron chi connectivity index (χ3n) is 5.77. The topological polar surface area (TPSA) is 113 Å². The van der Waals surface area contributed by atoms with Crippen LogP contribution in [0.5, 0.6) is 5.75 Å². The number of aliphatic hydroxyl groups is 1. The number of ether oxygens (including phenoxy) is 1. The molecule has 1 amide bonds. The van der Waals surface area contributed by atoms with Gasteiger partial charge in [0, 0.05) is 30.8 Å². The zero-order valence-corrected chi connectivity index (χ0v) is 20.6. The molecule has 0 radical (unpaired) electrons. The average Bonchev–Trinajstić information content (AvgIpc) is 3.06. The van der Waals surface area contributed by atoms with E-state index in [4.69, 9.17) is 4.74 Å². The molecule has 35 heavy (non-hydrogen) atoms. The number of aliphatic hydroxyl groups excluding tert-OH is 1. The summed E-state index contributed by atoms with van der Waals surface area (Å²) in [5.41, 5.74) is 1.52. The summed E-state index contributed by atoms with van der Waals surface area (Å²) in [5, 5.41) is 22.3. The first-order valence-electron chi connectivity index (χ1n) is 11.4. The molecule has 2 aromatic rings. The lowest BCUT2D eigenvalue weighted by Crippen LogP contribution is -2.35. The fraction of sp³-hybridized carbons (Fsp3) is 0.385. The maximum absolute atomic E-state index is 13.1. The van der Waals surface area contributed by atoms with E-state index in [2.05, 4.69) is 0 Å². The van der Waals surface area contributed by atoms with Gasteiger partial charge in [0.1, 0.15) is 11.5 Å². The molecule has 1 atom stereocenters. The van der Waals surface area contributed by atoms with Gasteiger partial charge in [-0.1, -0.05) is 13.8 Å². The molecule has 1 unspecified atom stereocenters. The first-order valence-corrected chi connectivity index (χ1v) is 11.4. The quantitative estimate of drug-likeness (QED) is 0.190. The van der Waals surface area contributed by atoms with Crippen molar-refractivity contribution in [2.75, 3.05) is 33.8 Å². The van der Waals surface area contributed by atoms with E-state index in [1.165, 1.54) is 29.2 Å². The molecule has 0 saturated carbocycles. The number of likely N-dealkylation sites (N-methyl/N-ethyl adjacent to an activating group) is 1. The van der Waals surface area contributed by atoms with Crippen LogP contribution in [0, 0.1) is 23.0 Å². The Kier molecular flexibility index (Phi) is 7.91. The number of benzene rings is 2. The number of amides is 1. The number of ketones is 1. The van der Waals surface area contributed by atoms with Crippen molar-refractivity contribution < 1.29 is 24.4 Å². The number of likely N-dealkylation sites (tertiary alicyclic amines) is 1. The smallest absolute Gasteiger partial charge is 0.295 e. The lowest BCUT2D eigenvalue weighted by atomic mass is 9.94. The third-order valence-corrected chi connectivity index (χ3v) is 5.77. The maximum atomic E-state index is 13.1. The SMILES string of the molecule is Cc1cc(C(O)=C2C(=O)C(=O)N(CCN(C)C)C2c2ccc([N+](=O)[O-])cc2)ccc1OCC(C)C. The Labute approximate surface area is 204 Å². The van der Waals surface area contributed by atoms with Crippen LogP contribution in [0.3, 0.4) is 0 Å². The Balaban J connectivity index is 2.08. The van der Waals surface area contributed by atoms with Crippen LogP contribution in [-0.4, -0.2) is 65.3 Å². The molecule has 1 saturated heterocycles. The lowest BCUT2D eigenvalue weighted by molar-refractivity contribution is -0.384. The van der Waals surface area contributed by atoms with E-state index in [0.29, 0.717) is 35.9 Å². The predicted molar refractivity (Wildman–Crippen MR) is 132 cm³/mol. The van der Waals surface area contributed by atoms with Crippen LogP contribution in [0.4, 0.5) is 5.69 Å². The van der Waals surface area contributed by atoms with E-state index in [1.807, 2.05) is 39.8 Å². The van der Waals surface area contributed by atoms with E-state index in [9.17, 15) is 24.8 Å².